The van der Waals surface area contributed by atoms with Crippen molar-refractivity contribution in [3.63, 3.8) is 0 Å². The lowest BCUT2D eigenvalue weighted by molar-refractivity contribution is -0.125. The zero-order valence-corrected chi connectivity index (χ0v) is 18.6. The molecule has 3 aliphatic heterocycles. The monoisotopic (exact) mass is 421 g/mol. The number of fused-ring (bicyclic) bond motifs is 4. The van der Waals surface area contributed by atoms with Crippen molar-refractivity contribution in [3.05, 3.63) is 53.6 Å². The number of carbonyl (C=O) groups is 1. The van der Waals surface area contributed by atoms with E-state index in [1.807, 2.05) is 42.2 Å². The maximum absolute atomic E-state index is 14.3. The molecule has 5 nitrogen and oxygen atoms in total. The maximum Gasteiger partial charge on any atom is 0.242 e. The summed E-state index contributed by atoms with van der Waals surface area (Å²) in [6.07, 6.45) is 3.95. The van der Waals surface area contributed by atoms with Gasteiger partial charge in [0.05, 0.1) is 19.3 Å². The van der Waals surface area contributed by atoms with E-state index in [1.54, 1.807) is 0 Å². The Balaban J connectivity index is 1.63. The SMILES string of the molecule is CCOc1ccc2c(c1)OC(C)(C)CC21C(=O)N(CC2CCCCO2)c2ccccc21. The average molecular weight is 422 g/mol. The number of amides is 1. The van der Waals surface area contributed by atoms with Crippen LogP contribution in [0.2, 0.25) is 0 Å². The number of benzene rings is 2. The standard InChI is InChI=1S/C26H31NO4/c1-4-29-18-12-13-21-23(15-18)31-25(2,3)17-26(21)20-10-5-6-11-22(20)27(24(26)28)16-19-9-7-8-14-30-19/h5-6,10-13,15,19H,4,7-9,14,16-17H2,1-3H3. The molecular weight excluding hydrogens is 390 g/mol. The number of carbonyl (C=O) groups excluding carboxylic acids is 1. The van der Waals surface area contributed by atoms with Crippen molar-refractivity contribution in [2.75, 3.05) is 24.7 Å². The summed E-state index contributed by atoms with van der Waals surface area (Å²) in [5.41, 5.74) is 1.75. The molecule has 3 heterocycles. The van der Waals surface area contributed by atoms with E-state index in [1.165, 1.54) is 0 Å². The van der Waals surface area contributed by atoms with E-state index in [-0.39, 0.29) is 12.0 Å². The Hall–Kier alpha value is -2.53. The molecule has 31 heavy (non-hydrogen) atoms. The Labute approximate surface area is 184 Å². The highest BCUT2D eigenvalue weighted by Crippen LogP contribution is 2.56. The molecule has 1 saturated heterocycles. The zero-order valence-electron chi connectivity index (χ0n) is 18.6. The van der Waals surface area contributed by atoms with Crippen molar-refractivity contribution in [3.8, 4) is 11.5 Å². The first kappa shape index (κ1) is 20.4. The molecule has 0 bridgehead atoms. The van der Waals surface area contributed by atoms with Gasteiger partial charge in [-0.1, -0.05) is 24.3 Å². The van der Waals surface area contributed by atoms with Gasteiger partial charge in [-0.05, 0) is 57.7 Å². The van der Waals surface area contributed by atoms with Crippen molar-refractivity contribution < 1.29 is 19.0 Å². The van der Waals surface area contributed by atoms with Gasteiger partial charge in [-0.25, -0.2) is 0 Å². The van der Waals surface area contributed by atoms with Gasteiger partial charge in [-0.2, -0.15) is 0 Å². The van der Waals surface area contributed by atoms with E-state index in [9.17, 15) is 4.79 Å². The van der Waals surface area contributed by atoms with Crippen molar-refractivity contribution in [1.29, 1.82) is 0 Å². The molecule has 2 aromatic rings. The number of anilines is 1. The van der Waals surface area contributed by atoms with Gasteiger partial charge in [0.1, 0.15) is 22.5 Å². The summed E-state index contributed by atoms with van der Waals surface area (Å²) >= 11 is 0. The molecule has 0 aliphatic carbocycles. The van der Waals surface area contributed by atoms with Crippen LogP contribution in [-0.4, -0.2) is 37.4 Å². The molecule has 1 amide bonds. The van der Waals surface area contributed by atoms with Crippen LogP contribution in [0.4, 0.5) is 5.69 Å². The predicted molar refractivity (Wildman–Crippen MR) is 120 cm³/mol. The molecular formula is C26H31NO4. The normalized spacial score (nSPS) is 26.4. The summed E-state index contributed by atoms with van der Waals surface area (Å²) in [6, 6.07) is 14.1. The fourth-order valence-electron chi connectivity index (χ4n) is 5.56. The van der Waals surface area contributed by atoms with E-state index in [4.69, 9.17) is 14.2 Å². The zero-order chi connectivity index (χ0) is 21.6. The first-order chi connectivity index (χ1) is 14.9. The van der Waals surface area contributed by atoms with Crippen LogP contribution in [-0.2, 0) is 14.9 Å². The number of nitrogens with zero attached hydrogens (tertiary/aromatic N) is 1. The molecule has 0 aromatic heterocycles. The third-order valence-corrected chi connectivity index (χ3v) is 6.73. The van der Waals surface area contributed by atoms with Gasteiger partial charge in [0.25, 0.3) is 0 Å². The topological polar surface area (TPSA) is 48.0 Å². The lowest BCUT2D eigenvalue weighted by Crippen LogP contribution is -2.51. The summed E-state index contributed by atoms with van der Waals surface area (Å²) in [7, 11) is 0. The fourth-order valence-corrected chi connectivity index (χ4v) is 5.56. The molecule has 164 valence electrons. The van der Waals surface area contributed by atoms with Gasteiger partial charge in [0.15, 0.2) is 0 Å². The van der Waals surface area contributed by atoms with Gasteiger partial charge >= 0.3 is 0 Å². The number of para-hydroxylation sites is 1. The summed E-state index contributed by atoms with van der Waals surface area (Å²) in [6.45, 7) is 8.06. The minimum atomic E-state index is -0.757. The second-order valence-corrected chi connectivity index (χ2v) is 9.46. The van der Waals surface area contributed by atoms with E-state index >= 15 is 0 Å². The number of rotatable bonds is 4. The van der Waals surface area contributed by atoms with Gasteiger partial charge in [-0.15, -0.1) is 0 Å². The summed E-state index contributed by atoms with van der Waals surface area (Å²) < 4.78 is 18.1. The Bertz CT molecular complexity index is 995. The highest BCUT2D eigenvalue weighted by Gasteiger charge is 2.58. The van der Waals surface area contributed by atoms with Gasteiger partial charge in [0.2, 0.25) is 5.91 Å². The Morgan fingerprint density at radius 2 is 1.97 bits per heavy atom. The van der Waals surface area contributed by atoms with Crippen LogP contribution < -0.4 is 14.4 Å². The van der Waals surface area contributed by atoms with Crippen LogP contribution in [0.15, 0.2) is 42.5 Å². The second-order valence-electron chi connectivity index (χ2n) is 9.46. The van der Waals surface area contributed by atoms with Crippen LogP contribution in [0.3, 0.4) is 0 Å². The minimum absolute atomic E-state index is 0.0913. The Kier molecular flexibility index (Phi) is 4.97. The molecule has 2 aromatic carbocycles. The molecule has 5 rings (SSSR count). The molecule has 2 atom stereocenters. The fraction of sp³-hybridized carbons (Fsp3) is 0.500. The molecule has 0 N–H and O–H groups in total. The Morgan fingerprint density at radius 3 is 2.74 bits per heavy atom. The van der Waals surface area contributed by atoms with Gasteiger partial charge in [0, 0.05) is 30.3 Å². The smallest absolute Gasteiger partial charge is 0.242 e. The number of hydrogen-bond acceptors (Lipinski definition) is 4. The van der Waals surface area contributed by atoms with Gasteiger partial charge < -0.3 is 19.1 Å². The lowest BCUT2D eigenvalue weighted by atomic mass is 9.67. The highest BCUT2D eigenvalue weighted by molar-refractivity contribution is 6.11. The Morgan fingerprint density at radius 1 is 1.13 bits per heavy atom. The van der Waals surface area contributed by atoms with E-state index in [2.05, 4.69) is 26.0 Å². The third kappa shape index (κ3) is 3.30. The maximum atomic E-state index is 14.3. The average Bonchev–Trinajstić information content (AvgIpc) is 2.97. The molecule has 3 aliphatic rings. The van der Waals surface area contributed by atoms with E-state index < -0.39 is 11.0 Å². The molecule has 2 unspecified atom stereocenters. The van der Waals surface area contributed by atoms with E-state index in [0.717, 1.165) is 54.2 Å². The first-order valence-corrected chi connectivity index (χ1v) is 11.4. The van der Waals surface area contributed by atoms with Crippen LogP contribution in [0, 0.1) is 0 Å². The summed E-state index contributed by atoms with van der Waals surface area (Å²) in [5.74, 6) is 1.63. The molecule has 1 spiro atoms. The minimum Gasteiger partial charge on any atom is -0.494 e. The van der Waals surface area contributed by atoms with E-state index in [0.29, 0.717) is 19.6 Å². The third-order valence-electron chi connectivity index (χ3n) is 6.73. The van der Waals surface area contributed by atoms with Crippen molar-refractivity contribution in [1.82, 2.24) is 0 Å². The van der Waals surface area contributed by atoms with Crippen molar-refractivity contribution in [2.45, 2.75) is 63.6 Å². The van der Waals surface area contributed by atoms with Crippen LogP contribution in [0.25, 0.3) is 0 Å². The lowest BCUT2D eigenvalue weighted by Gasteiger charge is -2.43. The van der Waals surface area contributed by atoms with Crippen LogP contribution in [0.5, 0.6) is 11.5 Å². The molecule has 0 saturated carbocycles. The summed E-state index contributed by atoms with van der Waals surface area (Å²) in [5, 5.41) is 0. The number of hydrogen-bond donors (Lipinski definition) is 0. The van der Waals surface area contributed by atoms with Crippen molar-refractivity contribution >= 4 is 11.6 Å². The molecule has 5 heteroatoms. The number of ether oxygens (including phenoxy) is 3. The predicted octanol–water partition coefficient (Wildman–Crippen LogP) is 4.85. The quantitative estimate of drug-likeness (QED) is 0.708. The molecule has 1 fully saturated rings. The van der Waals surface area contributed by atoms with Crippen LogP contribution >= 0.6 is 0 Å². The van der Waals surface area contributed by atoms with Crippen LogP contribution in [0.1, 0.15) is 57.6 Å². The molecule has 0 radical (unpaired) electrons. The highest BCUT2D eigenvalue weighted by atomic mass is 16.5. The van der Waals surface area contributed by atoms with Crippen molar-refractivity contribution in [2.24, 2.45) is 0 Å². The first-order valence-electron chi connectivity index (χ1n) is 11.4. The largest absolute Gasteiger partial charge is 0.494 e. The second kappa shape index (κ2) is 7.56. The van der Waals surface area contributed by atoms with Gasteiger partial charge in [-0.3, -0.25) is 4.79 Å². The summed E-state index contributed by atoms with van der Waals surface area (Å²) in [4.78, 5) is 16.2.